The standard InChI is InChI=1S/C26H25BrN4O3/c27-21-8-11-24(28-16-21)34-23-9-6-20(7-10-23)26(33)31-17-22(18-31)29-12-14-30(15-13-29)25(32)19-4-2-1-3-5-19/h1-11,16,22H,12-15,17-18H2. The molecule has 0 atom stereocenters. The fourth-order valence-corrected chi connectivity index (χ4v) is 4.53. The van der Waals surface area contributed by atoms with Crippen molar-refractivity contribution in [2.75, 3.05) is 39.3 Å². The number of carbonyl (C=O) groups excluding carboxylic acids is 2. The first-order valence-electron chi connectivity index (χ1n) is 11.3. The van der Waals surface area contributed by atoms with E-state index in [1.807, 2.05) is 46.2 Å². The summed E-state index contributed by atoms with van der Waals surface area (Å²) < 4.78 is 6.61. The van der Waals surface area contributed by atoms with Crippen molar-refractivity contribution in [2.45, 2.75) is 6.04 Å². The minimum atomic E-state index is 0.0301. The number of pyridine rings is 1. The minimum absolute atomic E-state index is 0.0301. The van der Waals surface area contributed by atoms with Crippen LogP contribution in [0, 0.1) is 0 Å². The van der Waals surface area contributed by atoms with Crippen LogP contribution in [0.5, 0.6) is 11.6 Å². The van der Waals surface area contributed by atoms with Gasteiger partial charge >= 0.3 is 0 Å². The lowest BCUT2D eigenvalue weighted by Gasteiger charge is -2.48. The predicted octanol–water partition coefficient (Wildman–Crippen LogP) is 3.92. The lowest BCUT2D eigenvalue weighted by atomic mass is 10.0. The second kappa shape index (κ2) is 9.95. The summed E-state index contributed by atoms with van der Waals surface area (Å²) in [6.07, 6.45) is 1.68. The topological polar surface area (TPSA) is 66.0 Å². The van der Waals surface area contributed by atoms with E-state index in [-0.39, 0.29) is 11.8 Å². The van der Waals surface area contributed by atoms with Crippen LogP contribution in [-0.2, 0) is 0 Å². The number of nitrogens with zero attached hydrogens (tertiary/aromatic N) is 4. The van der Waals surface area contributed by atoms with Gasteiger partial charge in [-0.25, -0.2) is 4.98 Å². The van der Waals surface area contributed by atoms with E-state index < -0.39 is 0 Å². The molecule has 0 spiro atoms. The van der Waals surface area contributed by atoms with Crippen molar-refractivity contribution < 1.29 is 14.3 Å². The van der Waals surface area contributed by atoms with Gasteiger partial charge in [0.25, 0.3) is 11.8 Å². The van der Waals surface area contributed by atoms with Crippen LogP contribution in [0.25, 0.3) is 0 Å². The number of likely N-dealkylation sites (tertiary alicyclic amines) is 1. The van der Waals surface area contributed by atoms with Gasteiger partial charge in [-0.1, -0.05) is 18.2 Å². The Kier molecular flexibility index (Phi) is 6.60. The lowest BCUT2D eigenvalue weighted by molar-refractivity contribution is 0.00854. The normalized spacial score (nSPS) is 16.7. The van der Waals surface area contributed by atoms with Gasteiger partial charge in [0.15, 0.2) is 0 Å². The average Bonchev–Trinajstić information content (AvgIpc) is 2.85. The number of piperazine rings is 1. The van der Waals surface area contributed by atoms with Crippen molar-refractivity contribution in [1.29, 1.82) is 0 Å². The smallest absolute Gasteiger partial charge is 0.253 e. The summed E-state index contributed by atoms with van der Waals surface area (Å²) in [7, 11) is 0. The molecule has 34 heavy (non-hydrogen) atoms. The maximum atomic E-state index is 12.9. The van der Waals surface area contributed by atoms with E-state index in [0.717, 1.165) is 23.1 Å². The summed E-state index contributed by atoms with van der Waals surface area (Å²) in [5.41, 5.74) is 1.38. The Morgan fingerprint density at radius 2 is 1.44 bits per heavy atom. The molecule has 2 fully saturated rings. The van der Waals surface area contributed by atoms with Gasteiger partial charge in [-0.3, -0.25) is 14.5 Å². The van der Waals surface area contributed by atoms with Gasteiger partial charge in [-0.05, 0) is 58.4 Å². The number of benzene rings is 2. The van der Waals surface area contributed by atoms with Crippen molar-refractivity contribution in [1.82, 2.24) is 19.7 Å². The first-order valence-corrected chi connectivity index (χ1v) is 12.1. The predicted molar refractivity (Wildman–Crippen MR) is 132 cm³/mol. The number of halogens is 1. The Hall–Kier alpha value is -3.23. The van der Waals surface area contributed by atoms with Crippen LogP contribution >= 0.6 is 15.9 Å². The number of rotatable bonds is 5. The summed E-state index contributed by atoms with van der Waals surface area (Å²) in [4.78, 5) is 35.9. The maximum Gasteiger partial charge on any atom is 0.253 e. The van der Waals surface area contributed by atoms with Gasteiger partial charge in [0.1, 0.15) is 5.75 Å². The molecule has 0 saturated carbocycles. The molecule has 0 radical (unpaired) electrons. The van der Waals surface area contributed by atoms with Crippen LogP contribution in [0.1, 0.15) is 20.7 Å². The zero-order valence-corrected chi connectivity index (χ0v) is 20.2. The second-order valence-corrected chi connectivity index (χ2v) is 9.41. The summed E-state index contributed by atoms with van der Waals surface area (Å²) in [5, 5.41) is 0. The molecule has 3 aromatic rings. The number of amides is 2. The summed E-state index contributed by atoms with van der Waals surface area (Å²) in [6.45, 7) is 4.53. The third-order valence-electron chi connectivity index (χ3n) is 6.31. The molecule has 5 rings (SSSR count). The first-order chi connectivity index (χ1) is 16.6. The number of aromatic nitrogens is 1. The van der Waals surface area contributed by atoms with E-state index in [0.29, 0.717) is 49.4 Å². The second-order valence-electron chi connectivity index (χ2n) is 8.50. The van der Waals surface area contributed by atoms with Crippen LogP contribution in [0.4, 0.5) is 0 Å². The maximum absolute atomic E-state index is 12.9. The Balaban J connectivity index is 1.09. The van der Waals surface area contributed by atoms with Gasteiger partial charge < -0.3 is 14.5 Å². The Morgan fingerprint density at radius 1 is 0.794 bits per heavy atom. The molecule has 0 aliphatic carbocycles. The van der Waals surface area contributed by atoms with E-state index in [4.69, 9.17) is 4.74 Å². The number of carbonyl (C=O) groups is 2. The van der Waals surface area contributed by atoms with Crippen LogP contribution in [-0.4, -0.2) is 76.8 Å². The Labute approximate surface area is 207 Å². The SMILES string of the molecule is O=C(c1ccccc1)N1CCN(C2CN(C(=O)c3ccc(Oc4ccc(Br)cn4)cc3)C2)CC1. The molecule has 174 valence electrons. The third-order valence-corrected chi connectivity index (χ3v) is 6.78. The van der Waals surface area contributed by atoms with E-state index >= 15 is 0 Å². The molecule has 2 aliphatic heterocycles. The Bertz CT molecular complexity index is 1140. The molecule has 0 bridgehead atoms. The molecule has 0 unspecified atom stereocenters. The van der Waals surface area contributed by atoms with E-state index in [1.54, 1.807) is 36.5 Å². The molecule has 8 heteroatoms. The van der Waals surface area contributed by atoms with Gasteiger partial charge in [-0.15, -0.1) is 0 Å². The fraction of sp³-hybridized carbons (Fsp3) is 0.269. The molecule has 2 aromatic carbocycles. The molecule has 7 nitrogen and oxygen atoms in total. The highest BCUT2D eigenvalue weighted by molar-refractivity contribution is 9.10. The van der Waals surface area contributed by atoms with E-state index in [1.165, 1.54) is 0 Å². The summed E-state index contributed by atoms with van der Waals surface area (Å²) in [5.74, 6) is 1.26. The molecule has 2 saturated heterocycles. The van der Waals surface area contributed by atoms with E-state index in [9.17, 15) is 9.59 Å². The zero-order valence-electron chi connectivity index (χ0n) is 18.6. The molecule has 3 heterocycles. The zero-order chi connectivity index (χ0) is 23.5. The quantitative estimate of drug-likeness (QED) is 0.510. The molecule has 1 aromatic heterocycles. The van der Waals surface area contributed by atoms with Crippen molar-refractivity contribution >= 4 is 27.7 Å². The summed E-state index contributed by atoms with van der Waals surface area (Å²) >= 11 is 3.35. The summed E-state index contributed by atoms with van der Waals surface area (Å²) in [6, 6.07) is 20.6. The number of hydrogen-bond donors (Lipinski definition) is 0. The first kappa shape index (κ1) is 22.6. The monoisotopic (exact) mass is 520 g/mol. The number of hydrogen-bond acceptors (Lipinski definition) is 5. The number of ether oxygens (including phenoxy) is 1. The largest absolute Gasteiger partial charge is 0.439 e. The average molecular weight is 521 g/mol. The van der Waals surface area contributed by atoms with Crippen LogP contribution in [0.2, 0.25) is 0 Å². The molecular weight excluding hydrogens is 496 g/mol. The van der Waals surface area contributed by atoms with Gasteiger partial charge in [0, 0.05) is 73.2 Å². The van der Waals surface area contributed by atoms with Crippen molar-refractivity contribution in [3.63, 3.8) is 0 Å². The minimum Gasteiger partial charge on any atom is -0.439 e. The van der Waals surface area contributed by atoms with E-state index in [2.05, 4.69) is 25.8 Å². The lowest BCUT2D eigenvalue weighted by Crippen LogP contribution is -2.64. The highest BCUT2D eigenvalue weighted by atomic mass is 79.9. The van der Waals surface area contributed by atoms with Crippen molar-refractivity contribution in [3.05, 3.63) is 88.5 Å². The van der Waals surface area contributed by atoms with Gasteiger partial charge in [-0.2, -0.15) is 0 Å². The van der Waals surface area contributed by atoms with Crippen LogP contribution < -0.4 is 4.74 Å². The van der Waals surface area contributed by atoms with Crippen molar-refractivity contribution in [2.24, 2.45) is 0 Å². The van der Waals surface area contributed by atoms with Crippen molar-refractivity contribution in [3.8, 4) is 11.6 Å². The van der Waals surface area contributed by atoms with Gasteiger partial charge in [0.05, 0.1) is 0 Å². The molecule has 2 amide bonds. The Morgan fingerprint density at radius 3 is 2.09 bits per heavy atom. The third kappa shape index (κ3) is 4.98. The molecule has 2 aliphatic rings. The molecule has 0 N–H and O–H groups in total. The fourth-order valence-electron chi connectivity index (χ4n) is 4.30. The van der Waals surface area contributed by atoms with Crippen LogP contribution in [0.3, 0.4) is 0 Å². The highest BCUT2D eigenvalue weighted by Crippen LogP contribution is 2.24. The highest BCUT2D eigenvalue weighted by Gasteiger charge is 2.37. The van der Waals surface area contributed by atoms with Crippen LogP contribution in [0.15, 0.2) is 77.4 Å². The molecular formula is C26H25BrN4O3. The van der Waals surface area contributed by atoms with Gasteiger partial charge in [0.2, 0.25) is 5.88 Å².